The van der Waals surface area contributed by atoms with Crippen molar-refractivity contribution in [3.63, 3.8) is 0 Å². The number of piperazine rings is 1. The van der Waals surface area contributed by atoms with E-state index >= 15 is 0 Å². The third-order valence-electron chi connectivity index (χ3n) is 6.20. The average Bonchev–Trinajstić information content (AvgIpc) is 3.10. The molecule has 2 aromatic heterocycles. The Bertz CT molecular complexity index is 1360. The lowest BCUT2D eigenvalue weighted by molar-refractivity contribution is -0.122. The van der Waals surface area contributed by atoms with E-state index in [0.717, 1.165) is 37.3 Å². The van der Waals surface area contributed by atoms with Gasteiger partial charge in [-0.05, 0) is 37.2 Å². The molecule has 4 heterocycles. The molecular formula is C25H25N5O2S2. The number of rotatable bonds is 4. The molecule has 2 saturated heterocycles. The van der Waals surface area contributed by atoms with Crippen LogP contribution in [0.5, 0.6) is 0 Å². The Morgan fingerprint density at radius 3 is 2.53 bits per heavy atom. The number of carbonyl (C=O) groups excluding carboxylic acids is 1. The fourth-order valence-corrected chi connectivity index (χ4v) is 5.46. The van der Waals surface area contributed by atoms with Crippen LogP contribution in [0, 0.1) is 6.92 Å². The van der Waals surface area contributed by atoms with Crippen LogP contribution in [0.2, 0.25) is 0 Å². The minimum atomic E-state index is -0.184. The van der Waals surface area contributed by atoms with Gasteiger partial charge in [0.2, 0.25) is 0 Å². The Kier molecular flexibility index (Phi) is 6.24. The largest absolute Gasteiger partial charge is 0.353 e. The summed E-state index contributed by atoms with van der Waals surface area (Å²) in [6.07, 6.45) is 3.41. The van der Waals surface area contributed by atoms with Crippen molar-refractivity contribution in [2.75, 3.05) is 38.1 Å². The molecule has 2 aliphatic heterocycles. The number of nitrogens with zero attached hydrogens (tertiary/aromatic N) is 5. The van der Waals surface area contributed by atoms with Crippen molar-refractivity contribution in [2.24, 2.45) is 0 Å². The van der Waals surface area contributed by atoms with Crippen LogP contribution in [0.25, 0.3) is 11.7 Å². The van der Waals surface area contributed by atoms with Crippen molar-refractivity contribution >= 4 is 51.7 Å². The van der Waals surface area contributed by atoms with Gasteiger partial charge < -0.3 is 9.80 Å². The SMILES string of the molecule is Cc1cccn2c(=O)c(/C=C3/SC(=S)N(Cc4ccccc4)C3=O)c(N3CCN(C)CC3)nc12. The van der Waals surface area contributed by atoms with E-state index in [4.69, 9.17) is 17.2 Å². The minimum absolute atomic E-state index is 0.183. The Labute approximate surface area is 207 Å². The lowest BCUT2D eigenvalue weighted by Gasteiger charge is -2.34. The summed E-state index contributed by atoms with van der Waals surface area (Å²) in [5, 5.41) is 0. The predicted octanol–water partition coefficient (Wildman–Crippen LogP) is 3.16. The first-order chi connectivity index (χ1) is 16.4. The first-order valence-corrected chi connectivity index (χ1v) is 12.4. The van der Waals surface area contributed by atoms with E-state index in [1.54, 1.807) is 21.6 Å². The van der Waals surface area contributed by atoms with Gasteiger partial charge >= 0.3 is 0 Å². The molecule has 34 heavy (non-hydrogen) atoms. The lowest BCUT2D eigenvalue weighted by Crippen LogP contribution is -2.45. The highest BCUT2D eigenvalue weighted by atomic mass is 32.2. The van der Waals surface area contributed by atoms with Crippen LogP contribution >= 0.6 is 24.0 Å². The van der Waals surface area contributed by atoms with Gasteiger partial charge in [-0.2, -0.15) is 0 Å². The van der Waals surface area contributed by atoms with Crippen molar-refractivity contribution in [1.82, 2.24) is 19.2 Å². The molecule has 0 N–H and O–H groups in total. The maximum atomic E-state index is 13.6. The van der Waals surface area contributed by atoms with Crippen LogP contribution < -0.4 is 10.5 Å². The van der Waals surface area contributed by atoms with E-state index in [0.29, 0.717) is 32.8 Å². The molecule has 5 rings (SSSR count). The van der Waals surface area contributed by atoms with E-state index in [2.05, 4.69) is 16.8 Å². The number of carbonyl (C=O) groups is 1. The molecule has 174 valence electrons. The molecule has 2 fully saturated rings. The number of likely N-dealkylation sites (N-methyl/N-ethyl adjacent to an activating group) is 1. The number of hydrogen-bond donors (Lipinski definition) is 0. The lowest BCUT2D eigenvalue weighted by atomic mass is 10.2. The Morgan fingerprint density at radius 2 is 1.79 bits per heavy atom. The first-order valence-electron chi connectivity index (χ1n) is 11.2. The van der Waals surface area contributed by atoms with Gasteiger partial charge in [0.1, 0.15) is 15.8 Å². The Hall–Kier alpha value is -3.01. The summed E-state index contributed by atoms with van der Waals surface area (Å²) in [7, 11) is 2.09. The zero-order chi connectivity index (χ0) is 23.8. The topological polar surface area (TPSA) is 61.2 Å². The number of thioether (sulfide) groups is 1. The highest BCUT2D eigenvalue weighted by Crippen LogP contribution is 2.34. The molecule has 3 aromatic rings. The van der Waals surface area contributed by atoms with Crippen LogP contribution in [-0.2, 0) is 11.3 Å². The molecule has 1 amide bonds. The summed E-state index contributed by atoms with van der Waals surface area (Å²) in [6, 6.07) is 13.5. The molecule has 0 aliphatic carbocycles. The summed E-state index contributed by atoms with van der Waals surface area (Å²) < 4.78 is 2.05. The van der Waals surface area contributed by atoms with Gasteiger partial charge in [0.25, 0.3) is 11.5 Å². The number of anilines is 1. The number of pyridine rings is 1. The number of benzene rings is 1. The maximum absolute atomic E-state index is 13.6. The van der Waals surface area contributed by atoms with Crippen molar-refractivity contribution in [3.05, 3.63) is 80.6 Å². The highest BCUT2D eigenvalue weighted by Gasteiger charge is 2.33. The molecule has 0 bridgehead atoms. The van der Waals surface area contributed by atoms with Crippen LogP contribution in [-0.4, -0.2) is 62.6 Å². The standard InChI is InChI=1S/C25H25N5O2S2/c1-17-7-6-10-29-21(17)26-22(28-13-11-27(2)12-14-28)19(23(29)31)15-20-24(32)30(25(33)34-20)16-18-8-4-3-5-9-18/h3-10,15H,11-14,16H2,1-2H3/b20-15+. The quantitative estimate of drug-likeness (QED) is 0.410. The van der Waals surface area contributed by atoms with E-state index in [-0.39, 0.29) is 11.5 Å². The predicted molar refractivity (Wildman–Crippen MR) is 141 cm³/mol. The van der Waals surface area contributed by atoms with Crippen LogP contribution in [0.15, 0.2) is 58.4 Å². The molecule has 0 spiro atoms. The van der Waals surface area contributed by atoms with Gasteiger partial charge in [-0.1, -0.05) is 60.4 Å². The fourth-order valence-electron chi connectivity index (χ4n) is 4.22. The van der Waals surface area contributed by atoms with Gasteiger partial charge in [-0.25, -0.2) is 4.98 Å². The van der Waals surface area contributed by atoms with E-state index < -0.39 is 0 Å². The molecule has 7 nitrogen and oxygen atoms in total. The van der Waals surface area contributed by atoms with E-state index in [1.807, 2.05) is 49.4 Å². The van der Waals surface area contributed by atoms with Gasteiger partial charge in [0.15, 0.2) is 0 Å². The first kappa shape index (κ1) is 22.8. The molecule has 2 aliphatic rings. The second-order valence-corrected chi connectivity index (χ2v) is 10.3. The highest BCUT2D eigenvalue weighted by molar-refractivity contribution is 8.26. The van der Waals surface area contributed by atoms with E-state index in [9.17, 15) is 9.59 Å². The summed E-state index contributed by atoms with van der Waals surface area (Å²) >= 11 is 6.76. The number of thiocarbonyl (C=S) groups is 1. The molecule has 0 saturated carbocycles. The molecule has 1 aromatic carbocycles. The zero-order valence-electron chi connectivity index (χ0n) is 19.1. The number of aromatic nitrogens is 2. The monoisotopic (exact) mass is 491 g/mol. The van der Waals surface area contributed by atoms with Gasteiger partial charge in [-0.3, -0.25) is 18.9 Å². The molecular weight excluding hydrogens is 466 g/mol. The molecule has 9 heteroatoms. The van der Waals surface area contributed by atoms with Gasteiger partial charge in [0.05, 0.1) is 17.0 Å². The normalized spacial score (nSPS) is 18.5. The van der Waals surface area contributed by atoms with Crippen molar-refractivity contribution in [2.45, 2.75) is 13.5 Å². The molecule has 0 atom stereocenters. The maximum Gasteiger partial charge on any atom is 0.267 e. The number of fused-ring (bicyclic) bond motifs is 1. The van der Waals surface area contributed by atoms with Crippen molar-refractivity contribution in [1.29, 1.82) is 0 Å². The summed E-state index contributed by atoms with van der Waals surface area (Å²) in [6.45, 7) is 5.65. The van der Waals surface area contributed by atoms with Gasteiger partial charge in [0, 0.05) is 32.4 Å². The number of aryl methyl sites for hydroxylation is 1. The summed E-state index contributed by atoms with van der Waals surface area (Å²) in [5.41, 5.74) is 2.80. The van der Waals surface area contributed by atoms with Gasteiger partial charge in [-0.15, -0.1) is 0 Å². The number of hydrogen-bond acceptors (Lipinski definition) is 7. The smallest absolute Gasteiger partial charge is 0.267 e. The van der Waals surface area contributed by atoms with Crippen LogP contribution in [0.3, 0.4) is 0 Å². The second-order valence-electron chi connectivity index (χ2n) is 8.58. The van der Waals surface area contributed by atoms with Crippen LogP contribution in [0.4, 0.5) is 5.82 Å². The second kappa shape index (κ2) is 9.32. The fraction of sp³-hybridized carbons (Fsp3) is 0.280. The molecule has 0 unspecified atom stereocenters. The van der Waals surface area contributed by atoms with Crippen molar-refractivity contribution in [3.8, 4) is 0 Å². The van der Waals surface area contributed by atoms with E-state index in [1.165, 1.54) is 11.8 Å². The average molecular weight is 492 g/mol. The third-order valence-corrected chi connectivity index (χ3v) is 7.58. The summed E-state index contributed by atoms with van der Waals surface area (Å²) in [5.74, 6) is 0.442. The Morgan fingerprint density at radius 1 is 1.06 bits per heavy atom. The molecule has 0 radical (unpaired) electrons. The summed E-state index contributed by atoms with van der Waals surface area (Å²) in [4.78, 5) is 38.3. The van der Waals surface area contributed by atoms with Crippen molar-refractivity contribution < 1.29 is 4.79 Å². The minimum Gasteiger partial charge on any atom is -0.353 e. The Balaban J connectivity index is 1.58. The van der Waals surface area contributed by atoms with Crippen LogP contribution in [0.1, 0.15) is 16.7 Å². The third kappa shape index (κ3) is 4.26. The zero-order valence-corrected chi connectivity index (χ0v) is 20.7. The number of amides is 1.